The van der Waals surface area contributed by atoms with Crippen molar-refractivity contribution in [1.82, 2.24) is 4.90 Å². The second kappa shape index (κ2) is 6.70. The van der Waals surface area contributed by atoms with Crippen molar-refractivity contribution in [1.29, 1.82) is 0 Å². The van der Waals surface area contributed by atoms with Gasteiger partial charge in [-0.25, -0.2) is 0 Å². The predicted molar refractivity (Wildman–Crippen MR) is 91.1 cm³/mol. The minimum Gasteiger partial charge on any atom is -0.493 e. The number of methoxy groups -OCH3 is 2. The van der Waals surface area contributed by atoms with E-state index >= 15 is 0 Å². The molecule has 1 aromatic carbocycles. The van der Waals surface area contributed by atoms with Crippen LogP contribution in [0.5, 0.6) is 11.5 Å². The van der Waals surface area contributed by atoms with Gasteiger partial charge in [0.15, 0.2) is 11.5 Å². The Morgan fingerprint density at radius 1 is 1.35 bits per heavy atom. The van der Waals surface area contributed by atoms with Gasteiger partial charge in [-0.15, -0.1) is 0 Å². The molecule has 0 saturated carbocycles. The summed E-state index contributed by atoms with van der Waals surface area (Å²) in [4.78, 5) is 0.469. The standard InChI is InChI=1S/C19H29NO3/c1-12(2)7-14-11-20-6-5-13-8-18(22-3)19(23-4)9-15(13)16(20)10-17(14)21/h8-9,12,14,16-17,21H,5-7,10-11H2,1-4H3/t14-,16-,17+/m0/s1/i5D2,6D2,10D2,11D2,14D. The molecule has 0 aromatic heterocycles. The zero-order chi connectivity index (χ0) is 24.7. The SMILES string of the molecule is [2H]C1([2H])[C@@H](O)[C@@]([2H])(CC(C)C)C([2H])([2H])N2[C@@H]1c1cc(OC)c(OC)cc1C([2H])([2H])C2([2H])[2H]. The quantitative estimate of drug-likeness (QED) is 0.922. The molecule has 1 fully saturated rings. The zero-order valence-corrected chi connectivity index (χ0v) is 13.8. The summed E-state index contributed by atoms with van der Waals surface area (Å²) in [7, 11) is 2.66. The Balaban J connectivity index is 2.42. The molecule has 0 amide bonds. The summed E-state index contributed by atoms with van der Waals surface area (Å²) in [5.41, 5.74) is -0.295. The minimum atomic E-state index is -3.06. The van der Waals surface area contributed by atoms with Crippen LogP contribution >= 0.6 is 0 Å². The van der Waals surface area contributed by atoms with Crippen molar-refractivity contribution in [3.8, 4) is 11.5 Å². The van der Waals surface area contributed by atoms with Crippen LogP contribution in [0.4, 0.5) is 0 Å². The highest BCUT2D eigenvalue weighted by atomic mass is 16.5. The van der Waals surface area contributed by atoms with Crippen LogP contribution in [-0.2, 0) is 6.37 Å². The summed E-state index contributed by atoms with van der Waals surface area (Å²) in [5, 5.41) is 11.0. The summed E-state index contributed by atoms with van der Waals surface area (Å²) in [6.07, 6.45) is -7.88. The van der Waals surface area contributed by atoms with Crippen LogP contribution in [0.3, 0.4) is 0 Å². The highest BCUT2D eigenvalue weighted by Gasteiger charge is 2.38. The average molecular weight is 328 g/mol. The van der Waals surface area contributed by atoms with Crippen LogP contribution < -0.4 is 9.47 Å². The van der Waals surface area contributed by atoms with E-state index in [-0.39, 0.29) is 35.0 Å². The maximum atomic E-state index is 11.0. The van der Waals surface area contributed by atoms with Gasteiger partial charge in [-0.2, -0.15) is 0 Å². The Bertz CT molecular complexity index is 908. The highest BCUT2D eigenvalue weighted by Crippen LogP contribution is 2.43. The lowest BCUT2D eigenvalue weighted by atomic mass is 9.79. The Kier molecular flexibility index (Phi) is 2.54. The molecular formula is C19H29NO3. The maximum absolute atomic E-state index is 11.0. The molecule has 2 heterocycles. The number of ether oxygens (including phenoxy) is 2. The molecule has 1 saturated heterocycles. The summed E-state index contributed by atoms with van der Waals surface area (Å²) < 4.78 is 88.8. The van der Waals surface area contributed by atoms with E-state index in [1.54, 1.807) is 13.8 Å². The van der Waals surface area contributed by atoms with Crippen LogP contribution in [-0.4, -0.2) is 43.3 Å². The summed E-state index contributed by atoms with van der Waals surface area (Å²) >= 11 is 0. The molecule has 1 aromatic rings. The van der Waals surface area contributed by atoms with E-state index in [9.17, 15) is 5.11 Å². The molecule has 1 N–H and O–H groups in total. The van der Waals surface area contributed by atoms with E-state index in [1.807, 2.05) is 0 Å². The van der Waals surface area contributed by atoms with Crippen LogP contribution in [0.15, 0.2) is 12.1 Å². The molecule has 0 radical (unpaired) electrons. The lowest BCUT2D eigenvalue weighted by Crippen LogP contribution is -2.48. The number of aliphatic hydroxyl groups excluding tert-OH is 1. The second-order valence-electron chi connectivity index (χ2n) is 6.11. The predicted octanol–water partition coefficient (Wildman–Crippen LogP) is 3.03. The molecule has 4 heteroatoms. The van der Waals surface area contributed by atoms with Crippen molar-refractivity contribution in [2.75, 3.05) is 27.2 Å². The topological polar surface area (TPSA) is 41.9 Å². The van der Waals surface area contributed by atoms with E-state index in [1.165, 1.54) is 26.4 Å². The number of benzene rings is 1. The molecule has 0 spiro atoms. The number of hydrogen-bond acceptors (Lipinski definition) is 4. The first-order valence-electron chi connectivity index (χ1n) is 12.2. The third kappa shape index (κ3) is 3.20. The zero-order valence-electron chi connectivity index (χ0n) is 22.8. The Hall–Kier alpha value is -1.26. The van der Waals surface area contributed by atoms with Crippen molar-refractivity contribution in [2.45, 2.75) is 45.2 Å². The molecule has 128 valence electrons. The molecule has 3 rings (SSSR count). The van der Waals surface area contributed by atoms with Gasteiger partial charge < -0.3 is 14.6 Å². The normalized spacial score (nSPS) is 45.2. The summed E-state index contributed by atoms with van der Waals surface area (Å²) in [6.45, 7) is -2.60. The fraction of sp³-hybridized carbons (Fsp3) is 0.684. The number of nitrogens with zero attached hydrogens (tertiary/aromatic N) is 1. The number of fused-ring (bicyclic) bond motifs is 3. The van der Waals surface area contributed by atoms with Crippen LogP contribution in [0.1, 0.15) is 56.1 Å². The third-order valence-electron chi connectivity index (χ3n) is 3.96. The molecule has 0 bridgehead atoms. The largest absolute Gasteiger partial charge is 0.493 e. The van der Waals surface area contributed by atoms with Crippen LogP contribution in [0, 0.1) is 11.8 Å². The number of aliphatic hydroxyl groups is 1. The maximum Gasteiger partial charge on any atom is 0.161 e. The molecular weight excluding hydrogens is 290 g/mol. The molecule has 4 nitrogen and oxygen atoms in total. The van der Waals surface area contributed by atoms with E-state index < -0.39 is 43.8 Å². The molecule has 2 aliphatic rings. The van der Waals surface area contributed by atoms with Crippen molar-refractivity contribution < 1.29 is 26.9 Å². The van der Waals surface area contributed by atoms with Gasteiger partial charge in [-0.05, 0) is 54.2 Å². The van der Waals surface area contributed by atoms with Gasteiger partial charge in [-0.3, -0.25) is 4.90 Å². The summed E-state index contributed by atoms with van der Waals surface area (Å²) in [5.74, 6) is -2.54. The Morgan fingerprint density at radius 2 is 2.04 bits per heavy atom. The van der Waals surface area contributed by atoms with Crippen LogP contribution in [0.2, 0.25) is 0 Å². The van der Waals surface area contributed by atoms with E-state index in [0.29, 0.717) is 4.90 Å². The van der Waals surface area contributed by atoms with Crippen molar-refractivity contribution in [3.63, 3.8) is 0 Å². The monoisotopic (exact) mass is 328 g/mol. The molecule has 0 unspecified atom stereocenters. The molecule has 23 heavy (non-hydrogen) atoms. The van der Waals surface area contributed by atoms with Gasteiger partial charge in [0.1, 0.15) is 0 Å². The van der Waals surface area contributed by atoms with Crippen molar-refractivity contribution in [2.24, 2.45) is 11.8 Å². The summed E-state index contributed by atoms with van der Waals surface area (Å²) in [6, 6.07) is 0.781. The van der Waals surface area contributed by atoms with E-state index in [2.05, 4.69) is 0 Å². The van der Waals surface area contributed by atoms with Gasteiger partial charge in [-0.1, -0.05) is 13.8 Å². The Labute approximate surface area is 152 Å². The molecule has 2 aliphatic heterocycles. The van der Waals surface area contributed by atoms with Gasteiger partial charge in [0.05, 0.1) is 20.3 Å². The molecule has 0 aliphatic carbocycles. The van der Waals surface area contributed by atoms with Crippen LogP contribution in [0.25, 0.3) is 0 Å². The average Bonchev–Trinajstić information content (AvgIpc) is 2.67. The Morgan fingerprint density at radius 3 is 2.70 bits per heavy atom. The van der Waals surface area contributed by atoms with Gasteiger partial charge in [0.2, 0.25) is 0 Å². The first-order chi connectivity index (χ1) is 14.4. The second-order valence-corrected chi connectivity index (χ2v) is 6.11. The van der Waals surface area contributed by atoms with Crippen molar-refractivity contribution in [3.05, 3.63) is 23.3 Å². The smallest absolute Gasteiger partial charge is 0.161 e. The number of piperidine rings is 1. The fourth-order valence-corrected chi connectivity index (χ4v) is 2.87. The van der Waals surface area contributed by atoms with E-state index in [4.69, 9.17) is 21.8 Å². The lowest BCUT2D eigenvalue weighted by Gasteiger charge is -2.46. The number of rotatable bonds is 4. The molecule has 3 atom stereocenters. The fourth-order valence-electron chi connectivity index (χ4n) is 2.87. The van der Waals surface area contributed by atoms with Gasteiger partial charge in [0.25, 0.3) is 0 Å². The van der Waals surface area contributed by atoms with Gasteiger partial charge >= 0.3 is 0 Å². The minimum absolute atomic E-state index is 0.0673. The first kappa shape index (κ1) is 8.72. The highest BCUT2D eigenvalue weighted by molar-refractivity contribution is 5.49. The number of hydrogen-bond donors (Lipinski definition) is 1. The lowest BCUT2D eigenvalue weighted by molar-refractivity contribution is -0.0191. The number of aryl methyl sites for hydroxylation is 1. The van der Waals surface area contributed by atoms with Gasteiger partial charge in [0, 0.05) is 31.4 Å². The third-order valence-corrected chi connectivity index (χ3v) is 3.96. The van der Waals surface area contributed by atoms with Crippen molar-refractivity contribution >= 4 is 0 Å². The van der Waals surface area contributed by atoms with E-state index in [0.717, 1.165) is 0 Å². The first-order valence-corrected chi connectivity index (χ1v) is 7.66.